The molecule has 19 heavy (non-hydrogen) atoms. The number of likely N-dealkylation sites (tertiary alicyclic amines) is 1. The van der Waals surface area contributed by atoms with Gasteiger partial charge in [0.1, 0.15) is 0 Å². The van der Waals surface area contributed by atoms with Crippen molar-refractivity contribution >= 4 is 17.3 Å². The summed E-state index contributed by atoms with van der Waals surface area (Å²) in [5.74, 6) is 0.550. The maximum Gasteiger partial charge on any atom is 0.238 e. The Hall–Kier alpha value is -1.59. The van der Waals surface area contributed by atoms with Crippen molar-refractivity contribution in [3.63, 3.8) is 0 Å². The maximum atomic E-state index is 11.9. The fourth-order valence-corrected chi connectivity index (χ4v) is 2.45. The van der Waals surface area contributed by atoms with Crippen LogP contribution >= 0.6 is 0 Å². The molecular weight excluding hydrogens is 242 g/mol. The molecule has 3 N–H and O–H groups in total. The van der Waals surface area contributed by atoms with Crippen molar-refractivity contribution in [3.8, 4) is 0 Å². The molecule has 1 atom stereocenters. The number of hydrogen-bond acceptors (Lipinski definition) is 4. The molecule has 1 saturated heterocycles. The summed E-state index contributed by atoms with van der Waals surface area (Å²) in [7, 11) is 1.72. The van der Waals surface area contributed by atoms with E-state index in [1.165, 1.54) is 0 Å². The lowest BCUT2D eigenvalue weighted by Crippen LogP contribution is -2.32. The van der Waals surface area contributed by atoms with Crippen molar-refractivity contribution in [1.82, 2.24) is 4.90 Å². The van der Waals surface area contributed by atoms with Crippen LogP contribution in [0.5, 0.6) is 0 Å². The van der Waals surface area contributed by atoms with E-state index in [1.807, 2.05) is 12.1 Å². The molecule has 2 rings (SSSR count). The first-order valence-corrected chi connectivity index (χ1v) is 6.54. The normalized spacial score (nSPS) is 19.5. The van der Waals surface area contributed by atoms with Crippen LogP contribution in [0.25, 0.3) is 0 Å². The molecule has 5 heteroatoms. The van der Waals surface area contributed by atoms with E-state index in [0.717, 1.165) is 31.8 Å². The van der Waals surface area contributed by atoms with Crippen LogP contribution in [0.15, 0.2) is 24.3 Å². The molecule has 1 fully saturated rings. The van der Waals surface area contributed by atoms with Gasteiger partial charge < -0.3 is 15.8 Å². The summed E-state index contributed by atoms with van der Waals surface area (Å²) < 4.78 is 5.15. The zero-order valence-corrected chi connectivity index (χ0v) is 11.3. The van der Waals surface area contributed by atoms with Gasteiger partial charge in [-0.2, -0.15) is 0 Å². The van der Waals surface area contributed by atoms with E-state index in [9.17, 15) is 4.79 Å². The largest absolute Gasteiger partial charge is 0.399 e. The smallest absolute Gasteiger partial charge is 0.238 e. The Morgan fingerprint density at radius 2 is 2.42 bits per heavy atom. The Balaban J connectivity index is 1.79. The number of anilines is 2. The predicted octanol–water partition coefficient (Wildman–Crippen LogP) is 1.18. The standard InChI is InChI=1S/C14H21N3O2/c1-19-10-11-5-6-17(8-11)9-14(18)16-13-4-2-3-12(15)7-13/h2-4,7,11H,5-6,8-10,15H2,1H3,(H,16,18). The molecule has 0 aliphatic carbocycles. The minimum Gasteiger partial charge on any atom is -0.399 e. The van der Waals surface area contributed by atoms with Crippen LogP contribution in [-0.4, -0.2) is 44.2 Å². The number of nitrogen functional groups attached to an aromatic ring is 1. The summed E-state index contributed by atoms with van der Waals surface area (Å²) in [6.45, 7) is 3.08. The van der Waals surface area contributed by atoms with Crippen LogP contribution < -0.4 is 11.1 Å². The molecule has 104 valence electrons. The van der Waals surface area contributed by atoms with Gasteiger partial charge in [0, 0.05) is 25.0 Å². The molecular formula is C14H21N3O2. The molecule has 0 spiro atoms. The molecule has 5 nitrogen and oxygen atoms in total. The van der Waals surface area contributed by atoms with E-state index in [4.69, 9.17) is 10.5 Å². The summed E-state index contributed by atoms with van der Waals surface area (Å²) >= 11 is 0. The highest BCUT2D eigenvalue weighted by Gasteiger charge is 2.23. The average molecular weight is 263 g/mol. The first-order chi connectivity index (χ1) is 9.17. The first kappa shape index (κ1) is 13.8. The van der Waals surface area contributed by atoms with Crippen molar-refractivity contribution in [3.05, 3.63) is 24.3 Å². The SMILES string of the molecule is COCC1CCN(CC(=O)Nc2cccc(N)c2)C1. The van der Waals surface area contributed by atoms with Crippen molar-refractivity contribution in [2.45, 2.75) is 6.42 Å². The Labute approximate surface area is 113 Å². The molecule has 0 bridgehead atoms. The number of nitrogens with one attached hydrogen (secondary N) is 1. The van der Waals surface area contributed by atoms with Gasteiger partial charge in [0.05, 0.1) is 13.2 Å². The van der Waals surface area contributed by atoms with Gasteiger partial charge in [0.25, 0.3) is 0 Å². The van der Waals surface area contributed by atoms with Crippen LogP contribution in [0.2, 0.25) is 0 Å². The van der Waals surface area contributed by atoms with Crippen molar-refractivity contribution in [1.29, 1.82) is 0 Å². The number of methoxy groups -OCH3 is 1. The molecule has 1 aliphatic heterocycles. The number of hydrogen-bond donors (Lipinski definition) is 2. The molecule has 0 radical (unpaired) electrons. The van der Waals surface area contributed by atoms with E-state index in [0.29, 0.717) is 18.2 Å². The third kappa shape index (κ3) is 4.22. The van der Waals surface area contributed by atoms with E-state index in [2.05, 4.69) is 10.2 Å². The molecule has 0 aromatic heterocycles. The quantitative estimate of drug-likeness (QED) is 0.783. The molecule has 1 amide bonds. The number of rotatable bonds is 5. The lowest BCUT2D eigenvalue weighted by Gasteiger charge is -2.15. The van der Waals surface area contributed by atoms with E-state index >= 15 is 0 Å². The summed E-state index contributed by atoms with van der Waals surface area (Å²) in [6, 6.07) is 7.22. The summed E-state index contributed by atoms with van der Waals surface area (Å²) in [5, 5.41) is 2.86. The number of carbonyl (C=O) groups excluding carboxylic acids is 1. The predicted molar refractivity (Wildman–Crippen MR) is 75.9 cm³/mol. The highest BCUT2D eigenvalue weighted by molar-refractivity contribution is 5.92. The molecule has 1 aliphatic rings. The van der Waals surface area contributed by atoms with Gasteiger partial charge in [-0.05, 0) is 37.1 Å². The van der Waals surface area contributed by atoms with Crippen molar-refractivity contribution in [2.24, 2.45) is 5.92 Å². The van der Waals surface area contributed by atoms with Gasteiger partial charge in [0.2, 0.25) is 5.91 Å². The number of carbonyl (C=O) groups is 1. The first-order valence-electron chi connectivity index (χ1n) is 6.54. The van der Waals surface area contributed by atoms with Gasteiger partial charge in [-0.25, -0.2) is 0 Å². The summed E-state index contributed by atoms with van der Waals surface area (Å²) in [5.41, 5.74) is 7.07. The second-order valence-corrected chi connectivity index (χ2v) is 5.02. The fourth-order valence-electron chi connectivity index (χ4n) is 2.45. The number of amides is 1. The second kappa shape index (κ2) is 6.54. The molecule has 1 heterocycles. The maximum absolute atomic E-state index is 11.9. The van der Waals surface area contributed by atoms with E-state index in [1.54, 1.807) is 19.2 Å². The Bertz CT molecular complexity index is 436. The number of ether oxygens (including phenoxy) is 1. The van der Waals surface area contributed by atoms with E-state index < -0.39 is 0 Å². The van der Waals surface area contributed by atoms with Gasteiger partial charge in [-0.15, -0.1) is 0 Å². The Kier molecular flexibility index (Phi) is 4.76. The zero-order chi connectivity index (χ0) is 13.7. The summed E-state index contributed by atoms with van der Waals surface area (Å²) in [6.07, 6.45) is 1.10. The lowest BCUT2D eigenvalue weighted by atomic mass is 10.1. The topological polar surface area (TPSA) is 67.6 Å². The average Bonchev–Trinajstić information content (AvgIpc) is 2.77. The lowest BCUT2D eigenvalue weighted by molar-refractivity contribution is -0.117. The number of nitrogens with two attached hydrogens (primary N) is 1. The van der Waals surface area contributed by atoms with Crippen LogP contribution in [0.3, 0.4) is 0 Å². The Morgan fingerprint density at radius 1 is 1.58 bits per heavy atom. The number of nitrogens with zero attached hydrogens (tertiary/aromatic N) is 1. The third-order valence-electron chi connectivity index (χ3n) is 3.31. The van der Waals surface area contributed by atoms with Crippen LogP contribution in [0.1, 0.15) is 6.42 Å². The van der Waals surface area contributed by atoms with Crippen LogP contribution in [-0.2, 0) is 9.53 Å². The van der Waals surface area contributed by atoms with Crippen LogP contribution in [0, 0.1) is 5.92 Å². The van der Waals surface area contributed by atoms with Crippen LogP contribution in [0.4, 0.5) is 11.4 Å². The van der Waals surface area contributed by atoms with Gasteiger partial charge in [-0.1, -0.05) is 6.07 Å². The zero-order valence-electron chi connectivity index (χ0n) is 11.3. The monoisotopic (exact) mass is 263 g/mol. The van der Waals surface area contributed by atoms with Gasteiger partial charge in [0.15, 0.2) is 0 Å². The Morgan fingerprint density at radius 3 is 3.16 bits per heavy atom. The highest BCUT2D eigenvalue weighted by atomic mass is 16.5. The van der Waals surface area contributed by atoms with Gasteiger partial charge in [-0.3, -0.25) is 9.69 Å². The molecule has 1 unspecified atom stereocenters. The molecule has 1 aromatic rings. The minimum atomic E-state index is 0.00340. The van der Waals surface area contributed by atoms with Gasteiger partial charge >= 0.3 is 0 Å². The van der Waals surface area contributed by atoms with Crippen molar-refractivity contribution < 1.29 is 9.53 Å². The van der Waals surface area contributed by atoms with E-state index in [-0.39, 0.29) is 5.91 Å². The highest BCUT2D eigenvalue weighted by Crippen LogP contribution is 2.16. The second-order valence-electron chi connectivity index (χ2n) is 5.02. The third-order valence-corrected chi connectivity index (χ3v) is 3.31. The minimum absolute atomic E-state index is 0.00340. The molecule has 0 saturated carbocycles. The fraction of sp³-hybridized carbons (Fsp3) is 0.500. The molecule has 1 aromatic carbocycles. The van der Waals surface area contributed by atoms with Crippen molar-refractivity contribution in [2.75, 3.05) is 44.4 Å². The summed E-state index contributed by atoms with van der Waals surface area (Å²) in [4.78, 5) is 14.1. The number of benzene rings is 1.